The largest absolute Gasteiger partial charge is 0.397 e. The lowest BCUT2D eigenvalue weighted by molar-refractivity contribution is 0.201. The van der Waals surface area contributed by atoms with Crippen LogP contribution in [0.15, 0.2) is 0 Å². The van der Waals surface area contributed by atoms with E-state index in [9.17, 15) is 0 Å². The Hall–Kier alpha value is 0.137. The van der Waals surface area contributed by atoms with Gasteiger partial charge in [0.25, 0.3) is 0 Å². The fourth-order valence-electron chi connectivity index (χ4n) is 2.08. The van der Waals surface area contributed by atoms with Gasteiger partial charge in [-0.3, -0.25) is 0 Å². The van der Waals surface area contributed by atoms with Crippen LogP contribution in [0, 0.1) is 0 Å². The molecule has 0 saturated carbocycles. The molecule has 0 N–H and O–H groups in total. The molecule has 2 nitrogen and oxygen atoms in total. The van der Waals surface area contributed by atoms with Gasteiger partial charge in [0.15, 0.2) is 0 Å². The van der Waals surface area contributed by atoms with E-state index in [2.05, 4.69) is 27.7 Å². The molecule has 0 atom stereocenters. The SMILES string of the molecule is CCC(C)(CC)[Si](CC)(OC)OC. The monoisotopic (exact) mass is 204 g/mol. The summed E-state index contributed by atoms with van der Waals surface area (Å²) < 4.78 is 11.4. The van der Waals surface area contributed by atoms with Crippen molar-refractivity contribution < 1.29 is 8.85 Å². The van der Waals surface area contributed by atoms with E-state index in [0.29, 0.717) is 0 Å². The molecule has 0 fully saturated rings. The van der Waals surface area contributed by atoms with Crippen LogP contribution in [0.4, 0.5) is 0 Å². The molecule has 80 valence electrons. The molecule has 0 aliphatic carbocycles. The van der Waals surface area contributed by atoms with Crippen molar-refractivity contribution in [1.82, 2.24) is 0 Å². The first-order chi connectivity index (χ1) is 6.05. The van der Waals surface area contributed by atoms with E-state index in [1.165, 1.54) is 0 Å². The van der Waals surface area contributed by atoms with E-state index in [0.717, 1.165) is 18.9 Å². The summed E-state index contributed by atoms with van der Waals surface area (Å²) in [7, 11) is 1.62. The van der Waals surface area contributed by atoms with Gasteiger partial charge in [-0.2, -0.15) is 0 Å². The van der Waals surface area contributed by atoms with Crippen molar-refractivity contribution >= 4 is 8.56 Å². The van der Waals surface area contributed by atoms with Crippen LogP contribution in [0.1, 0.15) is 40.5 Å². The lowest BCUT2D eigenvalue weighted by Gasteiger charge is -2.42. The van der Waals surface area contributed by atoms with Gasteiger partial charge in [0.1, 0.15) is 0 Å². The molecular formula is C10H24O2Si. The second-order valence-electron chi connectivity index (χ2n) is 3.78. The third-order valence-electron chi connectivity index (χ3n) is 3.61. The van der Waals surface area contributed by atoms with Gasteiger partial charge >= 0.3 is 8.56 Å². The van der Waals surface area contributed by atoms with Crippen LogP contribution in [0.2, 0.25) is 11.1 Å². The van der Waals surface area contributed by atoms with E-state index < -0.39 is 8.56 Å². The molecule has 0 aromatic heterocycles. The van der Waals surface area contributed by atoms with Crippen molar-refractivity contribution in [3.05, 3.63) is 0 Å². The van der Waals surface area contributed by atoms with Gasteiger partial charge in [-0.05, 0) is 18.9 Å². The Morgan fingerprint density at radius 3 is 1.46 bits per heavy atom. The highest BCUT2D eigenvalue weighted by molar-refractivity contribution is 6.70. The Kier molecular flexibility index (Phi) is 5.18. The smallest absolute Gasteiger partial charge is 0.343 e. The molecule has 3 heteroatoms. The predicted octanol–water partition coefficient (Wildman–Crippen LogP) is 3.32. The molecule has 0 rings (SSSR count). The van der Waals surface area contributed by atoms with Crippen molar-refractivity contribution in [2.75, 3.05) is 14.2 Å². The summed E-state index contributed by atoms with van der Waals surface area (Å²) in [6.07, 6.45) is 2.26. The molecule has 0 aliphatic rings. The fourth-order valence-corrected chi connectivity index (χ4v) is 5.74. The van der Waals surface area contributed by atoms with E-state index in [1.54, 1.807) is 14.2 Å². The highest BCUT2D eigenvalue weighted by atomic mass is 28.4. The van der Waals surface area contributed by atoms with E-state index in [4.69, 9.17) is 8.85 Å². The highest BCUT2D eigenvalue weighted by Crippen LogP contribution is 2.46. The lowest BCUT2D eigenvalue weighted by Crippen LogP contribution is -2.50. The lowest BCUT2D eigenvalue weighted by atomic mass is 10.1. The van der Waals surface area contributed by atoms with Gasteiger partial charge in [-0.1, -0.05) is 27.7 Å². The highest BCUT2D eigenvalue weighted by Gasteiger charge is 2.50. The Balaban J connectivity index is 4.87. The Labute approximate surface area is 83.9 Å². The molecule has 0 saturated heterocycles. The van der Waals surface area contributed by atoms with Crippen LogP contribution in [-0.2, 0) is 8.85 Å². The molecule has 0 aromatic rings. The summed E-state index contributed by atoms with van der Waals surface area (Å²) in [6, 6.07) is 1.03. The molecule has 0 amide bonds. The van der Waals surface area contributed by atoms with Gasteiger partial charge in [-0.15, -0.1) is 0 Å². The summed E-state index contributed by atoms with van der Waals surface area (Å²) >= 11 is 0. The number of hydrogen-bond acceptors (Lipinski definition) is 2. The van der Waals surface area contributed by atoms with Crippen molar-refractivity contribution in [2.45, 2.75) is 51.6 Å². The van der Waals surface area contributed by atoms with Gasteiger partial charge in [0.2, 0.25) is 0 Å². The summed E-state index contributed by atoms with van der Waals surface area (Å²) in [5.74, 6) is 0. The average molecular weight is 204 g/mol. The molecule has 0 aromatic carbocycles. The maximum atomic E-state index is 5.70. The van der Waals surface area contributed by atoms with Gasteiger partial charge in [0.05, 0.1) is 0 Å². The van der Waals surface area contributed by atoms with Crippen molar-refractivity contribution in [2.24, 2.45) is 0 Å². The van der Waals surface area contributed by atoms with Gasteiger partial charge < -0.3 is 8.85 Å². The molecule has 0 unspecified atom stereocenters. The summed E-state index contributed by atoms with van der Waals surface area (Å²) in [6.45, 7) is 8.90. The second kappa shape index (κ2) is 5.13. The molecule has 0 heterocycles. The molecular weight excluding hydrogens is 180 g/mol. The van der Waals surface area contributed by atoms with Crippen molar-refractivity contribution in [1.29, 1.82) is 0 Å². The Morgan fingerprint density at radius 1 is 1.00 bits per heavy atom. The molecule has 0 bridgehead atoms. The molecule has 0 spiro atoms. The third-order valence-corrected chi connectivity index (χ3v) is 8.40. The third kappa shape index (κ3) is 2.14. The minimum atomic E-state index is -1.97. The Bertz CT molecular complexity index is 132. The van der Waals surface area contributed by atoms with Crippen molar-refractivity contribution in [3.8, 4) is 0 Å². The maximum Gasteiger partial charge on any atom is 0.343 e. The van der Waals surface area contributed by atoms with Crippen LogP contribution in [-0.4, -0.2) is 22.8 Å². The standard InChI is InChI=1S/C10H24O2Si/c1-7-10(4,8-2)13(9-3,11-5)12-6/h7-9H2,1-6H3. The molecule has 0 aliphatic heterocycles. The van der Waals surface area contributed by atoms with Crippen molar-refractivity contribution in [3.63, 3.8) is 0 Å². The predicted molar refractivity (Wildman–Crippen MR) is 59.2 cm³/mol. The summed E-state index contributed by atoms with van der Waals surface area (Å²) in [5.41, 5.74) is 0. The van der Waals surface area contributed by atoms with Crippen LogP contribution in [0.25, 0.3) is 0 Å². The van der Waals surface area contributed by atoms with Crippen LogP contribution in [0.3, 0.4) is 0 Å². The number of rotatable bonds is 6. The summed E-state index contributed by atoms with van der Waals surface area (Å²) in [4.78, 5) is 0. The first-order valence-corrected chi connectivity index (χ1v) is 7.18. The van der Waals surface area contributed by atoms with E-state index >= 15 is 0 Å². The minimum Gasteiger partial charge on any atom is -0.397 e. The van der Waals surface area contributed by atoms with Crippen LogP contribution < -0.4 is 0 Å². The fraction of sp³-hybridized carbons (Fsp3) is 1.00. The van der Waals surface area contributed by atoms with Crippen LogP contribution in [0.5, 0.6) is 0 Å². The first kappa shape index (κ1) is 13.1. The topological polar surface area (TPSA) is 18.5 Å². The minimum absolute atomic E-state index is 0.241. The van der Waals surface area contributed by atoms with Gasteiger partial charge in [-0.25, -0.2) is 0 Å². The van der Waals surface area contributed by atoms with Crippen LogP contribution >= 0.6 is 0 Å². The first-order valence-electron chi connectivity index (χ1n) is 5.16. The zero-order valence-corrected chi connectivity index (χ0v) is 10.9. The maximum absolute atomic E-state index is 5.70. The molecule has 13 heavy (non-hydrogen) atoms. The van der Waals surface area contributed by atoms with E-state index in [-0.39, 0.29) is 5.04 Å². The zero-order chi connectivity index (χ0) is 10.5. The normalized spacial score (nSPS) is 13.4. The second-order valence-corrected chi connectivity index (χ2v) is 8.02. The molecule has 0 radical (unpaired) electrons. The van der Waals surface area contributed by atoms with Gasteiger partial charge in [0, 0.05) is 19.3 Å². The quantitative estimate of drug-likeness (QED) is 0.618. The van der Waals surface area contributed by atoms with E-state index in [1.807, 2.05) is 0 Å². The summed E-state index contributed by atoms with van der Waals surface area (Å²) in [5, 5.41) is 0.241. The number of hydrogen-bond donors (Lipinski definition) is 0. The Morgan fingerprint density at radius 2 is 1.38 bits per heavy atom. The average Bonchev–Trinajstić information content (AvgIpc) is 2.20. The zero-order valence-electron chi connectivity index (χ0n) is 9.94.